The van der Waals surface area contributed by atoms with E-state index in [1.807, 2.05) is 6.07 Å². The van der Waals surface area contributed by atoms with Crippen LogP contribution in [-0.2, 0) is 14.9 Å². The predicted molar refractivity (Wildman–Crippen MR) is 92.3 cm³/mol. The molecule has 1 amide bonds. The Bertz CT molecular complexity index is 633. The summed E-state index contributed by atoms with van der Waals surface area (Å²) >= 11 is 0. The number of amides is 1. The number of rotatable bonds is 3. The molecule has 2 saturated heterocycles. The number of ether oxygens (including phenoxy) is 1. The van der Waals surface area contributed by atoms with Gasteiger partial charge in [0.1, 0.15) is 5.82 Å². The molecule has 4 rings (SSSR count). The van der Waals surface area contributed by atoms with Crippen molar-refractivity contribution in [1.29, 1.82) is 0 Å². The lowest BCUT2D eigenvalue weighted by atomic mass is 9.72. The lowest BCUT2D eigenvalue weighted by Gasteiger charge is -2.39. The first-order valence-corrected chi connectivity index (χ1v) is 9.30. The monoisotopic (exact) mass is 347 g/mol. The second-order valence-corrected chi connectivity index (χ2v) is 7.58. The second-order valence-electron chi connectivity index (χ2n) is 7.58. The molecule has 0 spiro atoms. The van der Waals surface area contributed by atoms with Crippen molar-refractivity contribution in [1.82, 2.24) is 16.2 Å². The van der Waals surface area contributed by atoms with Crippen molar-refractivity contribution < 1.29 is 13.9 Å². The molecule has 3 unspecified atom stereocenters. The predicted octanol–water partition coefficient (Wildman–Crippen LogP) is 1.64. The number of hydrogen-bond acceptors (Lipinski definition) is 4. The van der Waals surface area contributed by atoms with Gasteiger partial charge in [0.25, 0.3) is 0 Å². The van der Waals surface area contributed by atoms with E-state index in [0.717, 1.165) is 31.4 Å². The van der Waals surface area contributed by atoms with Crippen molar-refractivity contribution in [3.05, 3.63) is 35.6 Å². The molecule has 5 nitrogen and oxygen atoms in total. The molecule has 1 aromatic carbocycles. The van der Waals surface area contributed by atoms with Crippen LogP contribution in [0.3, 0.4) is 0 Å². The topological polar surface area (TPSA) is 62.4 Å². The van der Waals surface area contributed by atoms with Gasteiger partial charge in [-0.15, -0.1) is 0 Å². The van der Waals surface area contributed by atoms with E-state index >= 15 is 0 Å². The van der Waals surface area contributed by atoms with Gasteiger partial charge in [-0.2, -0.15) is 0 Å². The fourth-order valence-corrected chi connectivity index (χ4v) is 4.58. The molecule has 0 bridgehead atoms. The third-order valence-electron chi connectivity index (χ3n) is 6.14. The highest BCUT2D eigenvalue weighted by molar-refractivity contribution is 5.88. The van der Waals surface area contributed by atoms with Gasteiger partial charge in [0.15, 0.2) is 0 Å². The standard InChI is InChI=1S/C19H26FN3O2/c20-15-3-1-2-14(10-15)19(6-8-25-9-7-19)18(24)22-16-5-4-13-12-21-23-17(13)11-16/h1-3,10,13,16-17,21,23H,4-9,11-12H2,(H,22,24). The van der Waals surface area contributed by atoms with E-state index in [9.17, 15) is 9.18 Å². The summed E-state index contributed by atoms with van der Waals surface area (Å²) in [6.45, 7) is 2.07. The molecular weight excluding hydrogens is 321 g/mol. The zero-order valence-electron chi connectivity index (χ0n) is 14.4. The number of benzene rings is 1. The number of hydrazine groups is 1. The highest BCUT2D eigenvalue weighted by atomic mass is 19.1. The van der Waals surface area contributed by atoms with Gasteiger partial charge in [-0.25, -0.2) is 4.39 Å². The Morgan fingerprint density at radius 3 is 2.92 bits per heavy atom. The van der Waals surface area contributed by atoms with E-state index < -0.39 is 5.41 Å². The van der Waals surface area contributed by atoms with E-state index in [1.54, 1.807) is 6.07 Å². The quantitative estimate of drug-likeness (QED) is 0.778. The maximum Gasteiger partial charge on any atom is 0.231 e. The third-order valence-corrected chi connectivity index (χ3v) is 6.14. The van der Waals surface area contributed by atoms with Gasteiger partial charge in [-0.3, -0.25) is 15.6 Å². The van der Waals surface area contributed by atoms with E-state index in [1.165, 1.54) is 12.1 Å². The minimum absolute atomic E-state index is 0.0239. The summed E-state index contributed by atoms with van der Waals surface area (Å²) in [6, 6.07) is 7.09. The van der Waals surface area contributed by atoms with Crippen LogP contribution in [0.5, 0.6) is 0 Å². The van der Waals surface area contributed by atoms with Crippen LogP contribution in [0.2, 0.25) is 0 Å². The average molecular weight is 347 g/mol. The summed E-state index contributed by atoms with van der Waals surface area (Å²) in [5.74, 6) is 0.391. The molecule has 1 saturated carbocycles. The Labute approximate surface area is 147 Å². The summed E-state index contributed by atoms with van der Waals surface area (Å²) in [5.41, 5.74) is 6.62. The molecule has 2 aliphatic heterocycles. The smallest absolute Gasteiger partial charge is 0.231 e. The van der Waals surface area contributed by atoms with Gasteiger partial charge in [-0.05, 0) is 55.7 Å². The summed E-state index contributed by atoms with van der Waals surface area (Å²) < 4.78 is 19.3. The molecule has 0 radical (unpaired) electrons. The van der Waals surface area contributed by atoms with Crippen LogP contribution < -0.4 is 16.2 Å². The first-order chi connectivity index (χ1) is 12.2. The summed E-state index contributed by atoms with van der Waals surface area (Å²) in [6.07, 6.45) is 4.26. The van der Waals surface area contributed by atoms with Gasteiger partial charge in [0, 0.05) is 31.8 Å². The first kappa shape index (κ1) is 16.9. The van der Waals surface area contributed by atoms with Gasteiger partial charge in [-0.1, -0.05) is 12.1 Å². The van der Waals surface area contributed by atoms with E-state index in [2.05, 4.69) is 16.2 Å². The second kappa shape index (κ2) is 7.02. The molecular formula is C19H26FN3O2. The van der Waals surface area contributed by atoms with Gasteiger partial charge in [0.2, 0.25) is 5.91 Å². The van der Waals surface area contributed by atoms with Crippen LogP contribution in [0.25, 0.3) is 0 Å². The van der Waals surface area contributed by atoms with Crippen molar-refractivity contribution in [3.63, 3.8) is 0 Å². The Kier molecular flexibility index (Phi) is 4.75. The zero-order valence-corrected chi connectivity index (χ0v) is 14.4. The Hall–Kier alpha value is -1.50. The first-order valence-electron chi connectivity index (χ1n) is 9.30. The molecule has 1 aliphatic carbocycles. The van der Waals surface area contributed by atoms with E-state index in [4.69, 9.17) is 4.74 Å². The van der Waals surface area contributed by atoms with Crippen molar-refractivity contribution in [2.75, 3.05) is 19.8 Å². The van der Waals surface area contributed by atoms with Gasteiger partial charge in [0.05, 0.1) is 5.41 Å². The van der Waals surface area contributed by atoms with Crippen molar-refractivity contribution in [2.24, 2.45) is 5.92 Å². The number of nitrogens with one attached hydrogen (secondary N) is 3. The molecule has 136 valence electrons. The molecule has 3 aliphatic rings. The largest absolute Gasteiger partial charge is 0.381 e. The molecule has 3 fully saturated rings. The average Bonchev–Trinajstić information content (AvgIpc) is 3.10. The Morgan fingerprint density at radius 1 is 1.28 bits per heavy atom. The fraction of sp³-hybridized carbons (Fsp3) is 0.632. The summed E-state index contributed by atoms with van der Waals surface area (Å²) in [7, 11) is 0. The highest BCUT2D eigenvalue weighted by Gasteiger charge is 2.43. The number of carbonyl (C=O) groups is 1. The van der Waals surface area contributed by atoms with Crippen molar-refractivity contribution in [2.45, 2.75) is 49.6 Å². The minimum Gasteiger partial charge on any atom is -0.381 e. The molecule has 0 aromatic heterocycles. The third kappa shape index (κ3) is 3.30. The Morgan fingerprint density at radius 2 is 2.12 bits per heavy atom. The zero-order chi connectivity index (χ0) is 17.3. The van der Waals surface area contributed by atoms with E-state index in [0.29, 0.717) is 38.0 Å². The van der Waals surface area contributed by atoms with Crippen LogP contribution in [0.1, 0.15) is 37.7 Å². The summed E-state index contributed by atoms with van der Waals surface area (Å²) in [5, 5.41) is 3.28. The van der Waals surface area contributed by atoms with E-state index in [-0.39, 0.29) is 17.8 Å². The lowest BCUT2D eigenvalue weighted by Crippen LogP contribution is -2.53. The Balaban J connectivity index is 1.52. The minimum atomic E-state index is -0.682. The maximum absolute atomic E-state index is 13.8. The van der Waals surface area contributed by atoms with Crippen LogP contribution in [-0.4, -0.2) is 37.7 Å². The molecule has 2 heterocycles. The number of carbonyl (C=O) groups excluding carboxylic acids is 1. The summed E-state index contributed by atoms with van der Waals surface area (Å²) in [4.78, 5) is 13.3. The number of hydrogen-bond donors (Lipinski definition) is 3. The maximum atomic E-state index is 13.8. The highest BCUT2D eigenvalue weighted by Crippen LogP contribution is 2.36. The number of halogens is 1. The molecule has 1 aromatic rings. The van der Waals surface area contributed by atoms with Crippen LogP contribution in [0.15, 0.2) is 24.3 Å². The van der Waals surface area contributed by atoms with Crippen LogP contribution >= 0.6 is 0 Å². The lowest BCUT2D eigenvalue weighted by molar-refractivity contribution is -0.131. The van der Waals surface area contributed by atoms with Crippen LogP contribution in [0, 0.1) is 11.7 Å². The molecule has 3 N–H and O–H groups in total. The molecule has 3 atom stereocenters. The fourth-order valence-electron chi connectivity index (χ4n) is 4.58. The van der Waals surface area contributed by atoms with Crippen molar-refractivity contribution in [3.8, 4) is 0 Å². The molecule has 6 heteroatoms. The SMILES string of the molecule is O=C(NC1CCC2CNNC2C1)C1(c2cccc(F)c2)CCOCC1. The van der Waals surface area contributed by atoms with Gasteiger partial charge >= 0.3 is 0 Å². The molecule has 25 heavy (non-hydrogen) atoms. The normalized spacial score (nSPS) is 31.3. The van der Waals surface area contributed by atoms with Crippen molar-refractivity contribution >= 4 is 5.91 Å². The number of fused-ring (bicyclic) bond motifs is 1. The van der Waals surface area contributed by atoms with Crippen LogP contribution in [0.4, 0.5) is 4.39 Å². The van der Waals surface area contributed by atoms with Gasteiger partial charge < -0.3 is 10.1 Å².